The third-order valence-corrected chi connectivity index (χ3v) is 2.93. The molecule has 1 aromatic heterocycles. The fraction of sp³-hybridized carbons (Fsp3) is 0.182. The lowest BCUT2D eigenvalue weighted by atomic mass is 10.1. The van der Waals surface area contributed by atoms with Gasteiger partial charge >= 0.3 is 0 Å². The fourth-order valence-corrected chi connectivity index (χ4v) is 2.24. The zero-order valence-corrected chi connectivity index (χ0v) is 9.57. The van der Waals surface area contributed by atoms with Gasteiger partial charge in [-0.3, -0.25) is 0 Å². The molecule has 0 fully saturated rings. The molecule has 0 saturated carbocycles. The van der Waals surface area contributed by atoms with Crippen LogP contribution in [0.1, 0.15) is 5.56 Å². The summed E-state index contributed by atoms with van der Waals surface area (Å²) in [6.07, 6.45) is 2.64. The van der Waals surface area contributed by atoms with E-state index in [9.17, 15) is 8.42 Å². The van der Waals surface area contributed by atoms with Gasteiger partial charge in [-0.2, -0.15) is 0 Å². The maximum atomic E-state index is 11.2. The van der Waals surface area contributed by atoms with Crippen LogP contribution in [0.3, 0.4) is 0 Å². The minimum Gasteiger partial charge on any atom is -0.356 e. The highest BCUT2D eigenvalue weighted by Gasteiger charge is 2.14. The molecule has 2 rings (SSSR count). The van der Waals surface area contributed by atoms with Crippen molar-refractivity contribution in [3.8, 4) is 11.3 Å². The number of hydrogen-bond acceptors (Lipinski definition) is 4. The van der Waals surface area contributed by atoms with Gasteiger partial charge < -0.3 is 4.52 Å². The van der Waals surface area contributed by atoms with Crippen molar-refractivity contribution >= 4 is 9.84 Å². The number of rotatable bonds is 3. The van der Waals surface area contributed by atoms with Crippen molar-refractivity contribution in [3.05, 3.63) is 42.1 Å². The first-order valence-electron chi connectivity index (χ1n) is 4.73. The van der Waals surface area contributed by atoms with E-state index in [1.54, 1.807) is 0 Å². The van der Waals surface area contributed by atoms with Gasteiger partial charge in [0.1, 0.15) is 0 Å². The van der Waals surface area contributed by atoms with Gasteiger partial charge in [0.05, 0.1) is 11.9 Å². The second kappa shape index (κ2) is 4.09. The quantitative estimate of drug-likeness (QED) is 0.817. The van der Waals surface area contributed by atoms with Gasteiger partial charge in [-0.05, 0) is 0 Å². The summed E-state index contributed by atoms with van der Waals surface area (Å²) in [5, 5.41) is 3.64. The topological polar surface area (TPSA) is 60.2 Å². The van der Waals surface area contributed by atoms with Crippen molar-refractivity contribution in [2.24, 2.45) is 0 Å². The maximum absolute atomic E-state index is 11.2. The number of hydrogen-bond donors (Lipinski definition) is 0. The van der Waals surface area contributed by atoms with Gasteiger partial charge in [0, 0.05) is 17.4 Å². The summed E-state index contributed by atoms with van der Waals surface area (Å²) in [5.41, 5.74) is 1.42. The van der Waals surface area contributed by atoms with E-state index in [-0.39, 0.29) is 5.75 Å². The zero-order chi connectivity index (χ0) is 11.6. The van der Waals surface area contributed by atoms with Crippen LogP contribution in [0.25, 0.3) is 11.3 Å². The van der Waals surface area contributed by atoms with Gasteiger partial charge in [0.15, 0.2) is 15.6 Å². The Bertz CT molecular complexity index is 572. The van der Waals surface area contributed by atoms with Crippen LogP contribution >= 0.6 is 0 Å². The second-order valence-corrected chi connectivity index (χ2v) is 5.76. The first-order valence-corrected chi connectivity index (χ1v) is 6.79. The molecule has 0 N–H and O–H groups in total. The molecule has 0 atom stereocenters. The van der Waals surface area contributed by atoms with Crippen molar-refractivity contribution in [2.75, 3.05) is 6.26 Å². The Morgan fingerprint density at radius 1 is 1.25 bits per heavy atom. The highest BCUT2D eigenvalue weighted by Crippen LogP contribution is 2.24. The Kier molecular flexibility index (Phi) is 2.78. The van der Waals surface area contributed by atoms with E-state index in [0.29, 0.717) is 11.3 Å². The summed E-state index contributed by atoms with van der Waals surface area (Å²) in [7, 11) is -3.08. The molecule has 16 heavy (non-hydrogen) atoms. The molecular formula is C11H11NO3S. The molecule has 4 nitrogen and oxygen atoms in total. The Morgan fingerprint density at radius 3 is 2.56 bits per heavy atom. The van der Waals surface area contributed by atoms with Crippen LogP contribution < -0.4 is 0 Å². The fourth-order valence-electron chi connectivity index (χ4n) is 1.47. The SMILES string of the molecule is CS(=O)(=O)Cc1cnoc1-c1ccccc1. The largest absolute Gasteiger partial charge is 0.356 e. The van der Waals surface area contributed by atoms with Gasteiger partial charge in [-0.1, -0.05) is 35.5 Å². The summed E-state index contributed by atoms with van der Waals surface area (Å²) in [6.45, 7) is 0. The van der Waals surface area contributed by atoms with Crippen molar-refractivity contribution < 1.29 is 12.9 Å². The zero-order valence-electron chi connectivity index (χ0n) is 8.75. The molecule has 1 heterocycles. The van der Waals surface area contributed by atoms with E-state index < -0.39 is 9.84 Å². The van der Waals surface area contributed by atoms with E-state index in [1.165, 1.54) is 12.5 Å². The van der Waals surface area contributed by atoms with Crippen LogP contribution in [-0.4, -0.2) is 19.8 Å². The third-order valence-electron chi connectivity index (χ3n) is 2.10. The first kappa shape index (κ1) is 10.9. The number of nitrogens with zero attached hydrogens (tertiary/aromatic N) is 1. The summed E-state index contributed by atoms with van der Waals surface area (Å²) in [4.78, 5) is 0. The third kappa shape index (κ3) is 2.49. The molecule has 0 amide bonds. The molecule has 0 aliphatic rings. The van der Waals surface area contributed by atoms with Crippen LogP contribution in [0.5, 0.6) is 0 Å². The number of aromatic nitrogens is 1. The van der Waals surface area contributed by atoms with Crippen molar-refractivity contribution in [2.45, 2.75) is 5.75 Å². The maximum Gasteiger partial charge on any atom is 0.171 e. The monoisotopic (exact) mass is 237 g/mol. The lowest BCUT2D eigenvalue weighted by molar-refractivity contribution is 0.432. The first-order chi connectivity index (χ1) is 7.56. The predicted octanol–water partition coefficient (Wildman–Crippen LogP) is 1.89. The van der Waals surface area contributed by atoms with Gasteiger partial charge in [-0.15, -0.1) is 0 Å². The van der Waals surface area contributed by atoms with Crippen LogP contribution in [-0.2, 0) is 15.6 Å². The van der Waals surface area contributed by atoms with E-state index in [2.05, 4.69) is 5.16 Å². The van der Waals surface area contributed by atoms with E-state index in [0.717, 1.165) is 5.56 Å². The minimum absolute atomic E-state index is 0.0548. The Balaban J connectivity index is 2.41. The molecule has 1 aromatic carbocycles. The van der Waals surface area contributed by atoms with Crippen molar-refractivity contribution in [3.63, 3.8) is 0 Å². The molecule has 0 unspecified atom stereocenters. The van der Waals surface area contributed by atoms with Crippen LogP contribution in [0.4, 0.5) is 0 Å². The van der Waals surface area contributed by atoms with Crippen LogP contribution in [0.15, 0.2) is 41.1 Å². The van der Waals surface area contributed by atoms with Gasteiger partial charge in [-0.25, -0.2) is 8.42 Å². The number of benzene rings is 1. The van der Waals surface area contributed by atoms with Crippen LogP contribution in [0.2, 0.25) is 0 Å². The smallest absolute Gasteiger partial charge is 0.171 e. The molecule has 0 spiro atoms. The average molecular weight is 237 g/mol. The molecular weight excluding hydrogens is 226 g/mol. The molecule has 0 saturated heterocycles. The van der Waals surface area contributed by atoms with Gasteiger partial charge in [0.25, 0.3) is 0 Å². The summed E-state index contributed by atoms with van der Waals surface area (Å²) in [6, 6.07) is 9.32. The molecule has 2 aromatic rings. The lowest BCUT2D eigenvalue weighted by Gasteiger charge is -1.99. The summed E-state index contributed by atoms with van der Waals surface area (Å²) >= 11 is 0. The Hall–Kier alpha value is -1.62. The molecule has 0 radical (unpaired) electrons. The summed E-state index contributed by atoms with van der Waals surface area (Å²) < 4.78 is 27.5. The normalized spacial score (nSPS) is 11.6. The molecule has 0 bridgehead atoms. The molecule has 0 aliphatic heterocycles. The van der Waals surface area contributed by atoms with Crippen molar-refractivity contribution in [1.82, 2.24) is 5.16 Å². The standard InChI is InChI=1S/C11H11NO3S/c1-16(13,14)8-10-7-12-15-11(10)9-5-3-2-4-6-9/h2-7H,8H2,1H3. The number of sulfone groups is 1. The molecule has 0 aliphatic carbocycles. The molecule has 5 heteroatoms. The lowest BCUT2D eigenvalue weighted by Crippen LogP contribution is -2.00. The molecule has 84 valence electrons. The highest BCUT2D eigenvalue weighted by atomic mass is 32.2. The van der Waals surface area contributed by atoms with Crippen molar-refractivity contribution in [1.29, 1.82) is 0 Å². The summed E-state index contributed by atoms with van der Waals surface area (Å²) in [5.74, 6) is 0.465. The minimum atomic E-state index is -3.08. The van der Waals surface area contributed by atoms with E-state index in [4.69, 9.17) is 4.52 Å². The highest BCUT2D eigenvalue weighted by molar-refractivity contribution is 7.89. The van der Waals surface area contributed by atoms with Gasteiger partial charge in [0.2, 0.25) is 0 Å². The average Bonchev–Trinajstić information content (AvgIpc) is 2.64. The second-order valence-electron chi connectivity index (χ2n) is 3.62. The predicted molar refractivity (Wildman–Crippen MR) is 60.5 cm³/mol. The van der Waals surface area contributed by atoms with E-state index in [1.807, 2.05) is 30.3 Å². The Labute approximate surface area is 93.8 Å². The van der Waals surface area contributed by atoms with Crippen LogP contribution in [0, 0.1) is 0 Å². The Morgan fingerprint density at radius 2 is 1.94 bits per heavy atom. The van der Waals surface area contributed by atoms with E-state index >= 15 is 0 Å².